The molecule has 116 valence electrons. The van der Waals surface area contributed by atoms with Crippen LogP contribution in [0.4, 0.5) is 0 Å². The second-order valence-electron chi connectivity index (χ2n) is 4.51. The zero-order valence-electron chi connectivity index (χ0n) is 12.0. The molecule has 0 bridgehead atoms. The van der Waals surface area contributed by atoms with E-state index in [0.717, 1.165) is 0 Å². The number of sulfonamides is 1. The maximum Gasteiger partial charge on any atom is 0.325 e. The van der Waals surface area contributed by atoms with E-state index in [9.17, 15) is 18.0 Å². The van der Waals surface area contributed by atoms with Gasteiger partial charge < -0.3 is 10.4 Å². The van der Waals surface area contributed by atoms with Gasteiger partial charge in [-0.25, -0.2) is 13.1 Å². The summed E-state index contributed by atoms with van der Waals surface area (Å²) in [6.45, 7) is 4.85. The van der Waals surface area contributed by atoms with Crippen LogP contribution in [0.2, 0.25) is 0 Å². The highest BCUT2D eigenvalue weighted by Crippen LogP contribution is 2.15. The third-order valence-electron chi connectivity index (χ3n) is 2.82. The normalized spacial score (nSPS) is 12.7. The fourth-order valence-corrected chi connectivity index (χ4v) is 2.69. The Labute approximate surface area is 123 Å². The number of amides is 1. The molecule has 1 unspecified atom stereocenters. The number of rotatable bonds is 6. The molecule has 0 saturated carbocycles. The van der Waals surface area contributed by atoms with Crippen LogP contribution in [-0.4, -0.2) is 38.0 Å². The van der Waals surface area contributed by atoms with Crippen molar-refractivity contribution < 1.29 is 23.1 Å². The number of aliphatic carboxylic acids is 1. The van der Waals surface area contributed by atoms with Crippen molar-refractivity contribution in [2.75, 3.05) is 6.54 Å². The van der Waals surface area contributed by atoms with Gasteiger partial charge in [-0.2, -0.15) is 0 Å². The first-order valence-corrected chi connectivity index (χ1v) is 7.81. The third-order valence-corrected chi connectivity index (χ3v) is 4.36. The fraction of sp³-hybridized carbons (Fsp3) is 0.385. The monoisotopic (exact) mass is 314 g/mol. The average Bonchev–Trinajstić information content (AvgIpc) is 2.38. The summed E-state index contributed by atoms with van der Waals surface area (Å²) in [7, 11) is -3.67. The van der Waals surface area contributed by atoms with E-state index in [4.69, 9.17) is 5.11 Å². The van der Waals surface area contributed by atoms with Crippen molar-refractivity contribution in [1.82, 2.24) is 10.0 Å². The number of hydrogen-bond donors (Lipinski definition) is 3. The molecule has 0 aromatic heterocycles. The number of carboxylic acids is 1. The molecule has 1 amide bonds. The summed E-state index contributed by atoms with van der Waals surface area (Å²) in [5.41, 5.74) is 0.683. The number of carbonyl (C=O) groups excluding carboxylic acids is 1. The molecular weight excluding hydrogens is 296 g/mol. The maximum absolute atomic E-state index is 12.0. The van der Waals surface area contributed by atoms with Crippen molar-refractivity contribution in [2.45, 2.75) is 31.7 Å². The molecule has 21 heavy (non-hydrogen) atoms. The van der Waals surface area contributed by atoms with Crippen molar-refractivity contribution in [2.24, 2.45) is 0 Å². The van der Waals surface area contributed by atoms with Gasteiger partial charge in [0, 0.05) is 12.1 Å². The summed E-state index contributed by atoms with van der Waals surface area (Å²) < 4.78 is 26.2. The standard InChI is InChI=1S/C13H18N2O5S/c1-4-14-21(19,20)10-6-5-8(2)11(7-10)12(16)15-9(3)13(17)18/h5-7,9,14H,4H2,1-3H3,(H,15,16)(H,17,18). The number of aryl methyl sites for hydroxylation is 1. The minimum Gasteiger partial charge on any atom is -0.480 e. The van der Waals surface area contributed by atoms with E-state index in [-0.39, 0.29) is 17.0 Å². The lowest BCUT2D eigenvalue weighted by Gasteiger charge is -2.12. The van der Waals surface area contributed by atoms with E-state index in [1.54, 1.807) is 13.8 Å². The van der Waals surface area contributed by atoms with Crippen LogP contribution in [0.1, 0.15) is 29.8 Å². The second-order valence-corrected chi connectivity index (χ2v) is 6.28. The van der Waals surface area contributed by atoms with Gasteiger partial charge in [-0.05, 0) is 31.5 Å². The Kier molecular flexibility index (Phi) is 5.45. The van der Waals surface area contributed by atoms with Crippen LogP contribution >= 0.6 is 0 Å². The predicted octanol–water partition coefficient (Wildman–Crippen LogP) is 0.496. The van der Waals surface area contributed by atoms with Crippen LogP contribution in [-0.2, 0) is 14.8 Å². The van der Waals surface area contributed by atoms with Gasteiger partial charge in [-0.15, -0.1) is 0 Å². The lowest BCUT2D eigenvalue weighted by atomic mass is 10.1. The zero-order chi connectivity index (χ0) is 16.2. The lowest BCUT2D eigenvalue weighted by molar-refractivity contribution is -0.138. The summed E-state index contributed by atoms with van der Waals surface area (Å²) in [6.07, 6.45) is 0. The van der Waals surface area contributed by atoms with E-state index in [2.05, 4.69) is 10.0 Å². The summed E-state index contributed by atoms with van der Waals surface area (Å²) in [5, 5.41) is 11.1. The Bertz CT molecular complexity index is 655. The van der Waals surface area contributed by atoms with E-state index in [0.29, 0.717) is 5.56 Å². The molecule has 1 aromatic carbocycles. The van der Waals surface area contributed by atoms with Gasteiger partial charge in [-0.1, -0.05) is 13.0 Å². The van der Waals surface area contributed by atoms with Gasteiger partial charge in [0.15, 0.2) is 0 Å². The number of carbonyl (C=O) groups is 2. The highest BCUT2D eigenvalue weighted by molar-refractivity contribution is 7.89. The summed E-state index contributed by atoms with van der Waals surface area (Å²) in [5.74, 6) is -1.80. The molecular formula is C13H18N2O5S. The molecule has 0 aliphatic rings. The van der Waals surface area contributed by atoms with Crippen molar-refractivity contribution in [3.63, 3.8) is 0 Å². The summed E-state index contributed by atoms with van der Waals surface area (Å²) in [4.78, 5) is 22.7. The summed E-state index contributed by atoms with van der Waals surface area (Å²) in [6, 6.07) is 3.07. The number of nitrogens with one attached hydrogen (secondary N) is 2. The van der Waals surface area contributed by atoms with Crippen LogP contribution in [0.3, 0.4) is 0 Å². The van der Waals surface area contributed by atoms with Crippen LogP contribution in [0.25, 0.3) is 0 Å². The largest absolute Gasteiger partial charge is 0.480 e. The minimum atomic E-state index is -3.67. The SMILES string of the molecule is CCNS(=O)(=O)c1ccc(C)c(C(=O)NC(C)C(=O)O)c1. The first-order chi connectivity index (χ1) is 9.69. The third kappa shape index (κ3) is 4.27. The predicted molar refractivity (Wildman–Crippen MR) is 76.6 cm³/mol. The molecule has 7 nitrogen and oxygen atoms in total. The Morgan fingerprint density at radius 2 is 1.95 bits per heavy atom. The number of hydrogen-bond acceptors (Lipinski definition) is 4. The molecule has 0 aliphatic heterocycles. The van der Waals surface area contributed by atoms with E-state index >= 15 is 0 Å². The van der Waals surface area contributed by atoms with Gasteiger partial charge in [0.25, 0.3) is 5.91 Å². The van der Waals surface area contributed by atoms with Crippen molar-refractivity contribution in [3.8, 4) is 0 Å². The number of benzene rings is 1. The van der Waals surface area contributed by atoms with Gasteiger partial charge in [0.1, 0.15) is 6.04 Å². The van der Waals surface area contributed by atoms with E-state index in [1.807, 2.05) is 0 Å². The molecule has 0 aliphatic carbocycles. The van der Waals surface area contributed by atoms with Gasteiger partial charge in [0.2, 0.25) is 10.0 Å². The van der Waals surface area contributed by atoms with Crippen LogP contribution in [0.15, 0.2) is 23.1 Å². The van der Waals surface area contributed by atoms with Crippen LogP contribution in [0, 0.1) is 6.92 Å². The van der Waals surface area contributed by atoms with E-state index in [1.165, 1.54) is 25.1 Å². The van der Waals surface area contributed by atoms with Gasteiger partial charge >= 0.3 is 5.97 Å². The molecule has 1 aromatic rings. The molecule has 1 rings (SSSR count). The lowest BCUT2D eigenvalue weighted by Crippen LogP contribution is -2.38. The van der Waals surface area contributed by atoms with E-state index < -0.39 is 27.9 Å². The Balaban J connectivity index is 3.14. The van der Waals surface area contributed by atoms with Crippen molar-refractivity contribution >= 4 is 21.9 Å². The summed E-state index contributed by atoms with van der Waals surface area (Å²) >= 11 is 0. The molecule has 0 heterocycles. The molecule has 0 radical (unpaired) electrons. The molecule has 0 saturated heterocycles. The average molecular weight is 314 g/mol. The quantitative estimate of drug-likeness (QED) is 0.707. The maximum atomic E-state index is 12.0. The number of carboxylic acid groups (broad SMARTS) is 1. The van der Waals surface area contributed by atoms with Crippen molar-refractivity contribution in [1.29, 1.82) is 0 Å². The van der Waals surface area contributed by atoms with Gasteiger partial charge in [0.05, 0.1) is 4.90 Å². The molecule has 1 atom stereocenters. The topological polar surface area (TPSA) is 113 Å². The first-order valence-electron chi connectivity index (χ1n) is 6.33. The Morgan fingerprint density at radius 1 is 1.33 bits per heavy atom. The Hall–Kier alpha value is -1.93. The zero-order valence-corrected chi connectivity index (χ0v) is 12.8. The molecule has 0 fully saturated rings. The first kappa shape index (κ1) is 17.1. The Morgan fingerprint density at radius 3 is 2.48 bits per heavy atom. The van der Waals surface area contributed by atoms with Gasteiger partial charge in [-0.3, -0.25) is 9.59 Å². The highest BCUT2D eigenvalue weighted by Gasteiger charge is 2.20. The molecule has 8 heteroatoms. The highest BCUT2D eigenvalue weighted by atomic mass is 32.2. The van der Waals surface area contributed by atoms with Crippen molar-refractivity contribution in [3.05, 3.63) is 29.3 Å². The fourth-order valence-electron chi connectivity index (χ4n) is 1.62. The van der Waals surface area contributed by atoms with Crippen LogP contribution in [0.5, 0.6) is 0 Å². The molecule has 0 spiro atoms. The molecule has 3 N–H and O–H groups in total. The second kappa shape index (κ2) is 6.68. The minimum absolute atomic E-state index is 0.0388. The smallest absolute Gasteiger partial charge is 0.325 e. The van der Waals surface area contributed by atoms with Crippen LogP contribution < -0.4 is 10.0 Å².